The van der Waals surface area contributed by atoms with Gasteiger partial charge >= 0.3 is 24.3 Å². The molecule has 0 aliphatic heterocycles. The highest BCUT2D eigenvalue weighted by atomic mass is 19.4. The Balaban J connectivity index is 0.000000311. The normalized spacial score (nSPS) is 11.4. The summed E-state index contributed by atoms with van der Waals surface area (Å²) >= 11 is 0. The van der Waals surface area contributed by atoms with Crippen molar-refractivity contribution in [3.05, 3.63) is 67.5 Å². The molecule has 8 nitrogen and oxygen atoms in total. The smallest absolute Gasteiger partial charge is 0.431 e. The van der Waals surface area contributed by atoms with Crippen LogP contribution in [-0.2, 0) is 31.2 Å². The average molecular weight is 456 g/mol. The number of carbonyl (C=O) groups excluding carboxylic acids is 1. The zero-order valence-corrected chi connectivity index (χ0v) is 16.0. The third kappa shape index (κ3) is 5.73. The number of nitrogens with zero attached hydrogens (tertiary/aromatic N) is 2. The predicted octanol–water partition coefficient (Wildman–Crippen LogP) is 2.29. The number of carboxylic acid groups (broad SMARTS) is 1. The fraction of sp³-hybridized carbons (Fsp3) is 0.294. The summed E-state index contributed by atoms with van der Waals surface area (Å²) in [6.07, 6.45) is -9.31. The van der Waals surface area contributed by atoms with E-state index >= 15 is 0 Å². The minimum Gasteiger partial charge on any atom is -0.477 e. The largest absolute Gasteiger partial charge is 0.477 e. The van der Waals surface area contributed by atoms with Crippen LogP contribution in [0.15, 0.2) is 33.9 Å². The first-order chi connectivity index (χ1) is 14.0. The number of ether oxygens (including phenoxy) is 1. The van der Waals surface area contributed by atoms with E-state index in [9.17, 15) is 45.5 Å². The number of carboxylic acids is 1. The van der Waals surface area contributed by atoms with Gasteiger partial charge in [-0.1, -0.05) is 0 Å². The molecule has 31 heavy (non-hydrogen) atoms. The number of hydrogen-bond acceptors (Lipinski definition) is 5. The number of rotatable bonds is 2. The molecule has 2 heterocycles. The molecule has 2 rings (SSSR count). The van der Waals surface area contributed by atoms with Crippen molar-refractivity contribution in [3.8, 4) is 0 Å². The van der Waals surface area contributed by atoms with Gasteiger partial charge in [0.25, 0.3) is 11.1 Å². The van der Waals surface area contributed by atoms with Crippen LogP contribution in [0.2, 0.25) is 0 Å². The number of methoxy groups -OCH3 is 1. The summed E-state index contributed by atoms with van der Waals surface area (Å²) < 4.78 is 78.8. The Kier molecular flexibility index (Phi) is 7.44. The summed E-state index contributed by atoms with van der Waals surface area (Å²) in [5.74, 6) is -2.52. The van der Waals surface area contributed by atoms with Gasteiger partial charge in [-0.05, 0) is 24.3 Å². The Morgan fingerprint density at radius 2 is 1.16 bits per heavy atom. The Hall–Kier alpha value is -3.58. The molecule has 0 atom stereocenters. The summed E-state index contributed by atoms with van der Waals surface area (Å²) in [7, 11) is 2.86. The highest BCUT2D eigenvalue weighted by Crippen LogP contribution is 2.28. The lowest BCUT2D eigenvalue weighted by Gasteiger charge is -2.12. The van der Waals surface area contributed by atoms with Gasteiger partial charge in [-0.15, -0.1) is 0 Å². The molecule has 0 aromatic carbocycles. The number of aromatic nitrogens is 2. The number of pyridine rings is 2. The zero-order chi connectivity index (χ0) is 24.3. The molecule has 0 spiro atoms. The van der Waals surface area contributed by atoms with Crippen molar-refractivity contribution in [2.24, 2.45) is 14.1 Å². The molecule has 2 aromatic heterocycles. The maximum atomic E-state index is 12.4. The number of aromatic carboxylic acids is 1. The summed E-state index contributed by atoms with van der Waals surface area (Å²) in [5, 5.41) is 8.49. The number of halogens is 6. The average Bonchev–Trinajstić information content (AvgIpc) is 2.63. The molecule has 14 heteroatoms. The first-order valence-corrected chi connectivity index (χ1v) is 7.90. The van der Waals surface area contributed by atoms with Crippen molar-refractivity contribution in [3.63, 3.8) is 0 Å². The second-order valence-electron chi connectivity index (χ2n) is 5.79. The van der Waals surface area contributed by atoms with E-state index in [2.05, 4.69) is 4.74 Å². The molecule has 0 bridgehead atoms. The molecule has 2 aromatic rings. The maximum Gasteiger partial charge on any atom is 0.431 e. The number of hydrogen-bond donors (Lipinski definition) is 1. The monoisotopic (exact) mass is 456 g/mol. The fourth-order valence-corrected chi connectivity index (χ4v) is 2.27. The van der Waals surface area contributed by atoms with E-state index in [1.54, 1.807) is 0 Å². The van der Waals surface area contributed by atoms with Gasteiger partial charge < -0.3 is 19.0 Å². The molecule has 0 radical (unpaired) electrons. The van der Waals surface area contributed by atoms with Gasteiger partial charge in [0.1, 0.15) is 22.5 Å². The highest BCUT2D eigenvalue weighted by Gasteiger charge is 2.35. The van der Waals surface area contributed by atoms with Crippen LogP contribution >= 0.6 is 0 Å². The van der Waals surface area contributed by atoms with Gasteiger partial charge in [-0.2, -0.15) is 26.3 Å². The molecule has 0 amide bonds. The van der Waals surface area contributed by atoms with E-state index in [-0.39, 0.29) is 4.57 Å². The van der Waals surface area contributed by atoms with Gasteiger partial charge in [-0.25, -0.2) is 9.59 Å². The Morgan fingerprint density at radius 1 is 0.806 bits per heavy atom. The predicted molar refractivity (Wildman–Crippen MR) is 91.7 cm³/mol. The van der Waals surface area contributed by atoms with Crippen molar-refractivity contribution in [1.82, 2.24) is 9.13 Å². The van der Waals surface area contributed by atoms with Gasteiger partial charge in [0.2, 0.25) is 0 Å². The van der Waals surface area contributed by atoms with E-state index in [4.69, 9.17) is 5.11 Å². The topological polar surface area (TPSA) is 108 Å². The lowest BCUT2D eigenvalue weighted by molar-refractivity contribution is -0.144. The van der Waals surface area contributed by atoms with E-state index in [1.807, 2.05) is 0 Å². The molecule has 170 valence electrons. The van der Waals surface area contributed by atoms with E-state index < -0.39 is 57.9 Å². The minimum atomic E-state index is -4.68. The summed E-state index contributed by atoms with van der Waals surface area (Å²) in [6, 6.07) is 2.67. The van der Waals surface area contributed by atoms with Crippen LogP contribution in [0.4, 0.5) is 26.3 Å². The highest BCUT2D eigenvalue weighted by molar-refractivity contribution is 5.88. The van der Waals surface area contributed by atoms with Gasteiger partial charge in [0.15, 0.2) is 0 Å². The van der Waals surface area contributed by atoms with Crippen molar-refractivity contribution in [2.75, 3.05) is 7.11 Å². The fourth-order valence-electron chi connectivity index (χ4n) is 2.27. The second-order valence-corrected chi connectivity index (χ2v) is 5.79. The molecule has 0 fully saturated rings. The lowest BCUT2D eigenvalue weighted by atomic mass is 10.2. The molecule has 0 aliphatic rings. The molecule has 0 saturated carbocycles. The second kappa shape index (κ2) is 9.06. The van der Waals surface area contributed by atoms with Crippen LogP contribution in [0.25, 0.3) is 0 Å². The first-order valence-electron chi connectivity index (χ1n) is 7.90. The van der Waals surface area contributed by atoms with Crippen LogP contribution in [0, 0.1) is 0 Å². The number of carbonyl (C=O) groups is 2. The molecule has 0 aliphatic carbocycles. The SMILES string of the molecule is COC(=O)c1ccc(C(F)(F)F)n(C)c1=O.Cn1c(C(F)(F)F)ccc(C(=O)O)c1=O. The van der Waals surface area contributed by atoms with Crippen LogP contribution in [0.5, 0.6) is 0 Å². The zero-order valence-electron chi connectivity index (χ0n) is 16.0. The minimum absolute atomic E-state index is 0.267. The lowest BCUT2D eigenvalue weighted by Crippen LogP contribution is -2.30. The molecule has 0 unspecified atom stereocenters. The van der Waals surface area contributed by atoms with Gasteiger partial charge in [0.05, 0.1) is 7.11 Å². The Bertz CT molecular complexity index is 1110. The van der Waals surface area contributed by atoms with Crippen LogP contribution in [0.3, 0.4) is 0 Å². The quantitative estimate of drug-likeness (QED) is 0.549. The summed E-state index contributed by atoms with van der Waals surface area (Å²) in [6.45, 7) is 0. The van der Waals surface area contributed by atoms with Crippen LogP contribution in [0.1, 0.15) is 32.1 Å². The van der Waals surface area contributed by atoms with Crippen molar-refractivity contribution in [1.29, 1.82) is 0 Å². The maximum absolute atomic E-state index is 12.4. The summed E-state index contributed by atoms with van der Waals surface area (Å²) in [5.41, 5.74) is -5.65. The number of alkyl halides is 6. The molecular weight excluding hydrogens is 442 g/mol. The van der Waals surface area contributed by atoms with Crippen LogP contribution < -0.4 is 11.1 Å². The van der Waals surface area contributed by atoms with E-state index in [0.717, 1.165) is 27.3 Å². The van der Waals surface area contributed by atoms with Crippen molar-refractivity contribution >= 4 is 11.9 Å². The molecule has 0 saturated heterocycles. The van der Waals surface area contributed by atoms with Crippen molar-refractivity contribution in [2.45, 2.75) is 12.4 Å². The Morgan fingerprint density at radius 3 is 1.48 bits per heavy atom. The standard InChI is InChI=1S/C9H8F3NO3.C8H6F3NO3/c1-13-6(9(10,11)12)4-3-5(7(13)14)8(15)16-2;1-12-5(8(9,10)11)3-2-4(6(12)13)7(14)15/h3-4H,1-2H3;2-3H,1H3,(H,14,15). The van der Waals surface area contributed by atoms with Gasteiger partial charge in [-0.3, -0.25) is 9.59 Å². The molecular formula is C17H14F6N2O6. The van der Waals surface area contributed by atoms with E-state index in [1.165, 1.54) is 0 Å². The number of esters is 1. The Labute approximate surface area is 168 Å². The van der Waals surface area contributed by atoms with Crippen molar-refractivity contribution < 1.29 is 45.8 Å². The van der Waals surface area contributed by atoms with Crippen LogP contribution in [-0.4, -0.2) is 33.3 Å². The van der Waals surface area contributed by atoms with Gasteiger partial charge in [0, 0.05) is 14.1 Å². The summed E-state index contributed by atoms with van der Waals surface area (Å²) in [4.78, 5) is 44.0. The van der Waals surface area contributed by atoms with E-state index in [0.29, 0.717) is 22.8 Å². The molecule has 1 N–H and O–H groups in total. The third-order valence-corrected chi connectivity index (χ3v) is 3.83. The first kappa shape index (κ1) is 25.5. The third-order valence-electron chi connectivity index (χ3n) is 3.83.